The van der Waals surface area contributed by atoms with Crippen molar-refractivity contribution in [2.24, 2.45) is 0 Å². The maximum Gasteiger partial charge on any atom is 0.157 e. The first-order valence-electron chi connectivity index (χ1n) is 10.1. The summed E-state index contributed by atoms with van der Waals surface area (Å²) in [5.74, 6) is 1.90. The summed E-state index contributed by atoms with van der Waals surface area (Å²) < 4.78 is 7.52. The van der Waals surface area contributed by atoms with E-state index in [0.717, 1.165) is 60.1 Å². The number of aryl methyl sites for hydroxylation is 1. The van der Waals surface area contributed by atoms with Crippen LogP contribution in [0.4, 0.5) is 11.6 Å². The van der Waals surface area contributed by atoms with Gasteiger partial charge in [0, 0.05) is 31.4 Å². The second-order valence-electron chi connectivity index (χ2n) is 7.40. The van der Waals surface area contributed by atoms with Gasteiger partial charge in [0.15, 0.2) is 5.65 Å². The molecule has 0 amide bonds. The topological polar surface area (TPSA) is 78.5 Å². The lowest BCUT2D eigenvalue weighted by Gasteiger charge is -2.29. The van der Waals surface area contributed by atoms with Gasteiger partial charge in [-0.15, -0.1) is 0 Å². The smallest absolute Gasteiger partial charge is 0.157 e. The minimum absolute atomic E-state index is 0.604. The third-order valence-electron chi connectivity index (χ3n) is 5.52. The average molecular weight is 398 g/mol. The quantitative estimate of drug-likeness (QED) is 0.567. The number of para-hydroxylation sites is 2. The Hall–Kier alpha value is -3.63. The number of benzene rings is 1. The van der Waals surface area contributed by atoms with Gasteiger partial charge in [-0.05, 0) is 36.8 Å². The Morgan fingerprint density at radius 2 is 2.00 bits per heavy atom. The monoisotopic (exact) mass is 398 g/mol. The maximum absolute atomic E-state index is 9.67. The number of hydrogen-bond acceptors (Lipinski definition) is 6. The SMILES string of the molecule is Cc1cc(NCc2cccnc2N2CCOCC2)n2c(nc3ccccc32)c1C#N. The van der Waals surface area contributed by atoms with E-state index in [1.165, 1.54) is 0 Å². The first kappa shape index (κ1) is 18.4. The largest absolute Gasteiger partial charge is 0.378 e. The molecule has 0 spiro atoms. The molecule has 1 N–H and O–H groups in total. The van der Waals surface area contributed by atoms with Crippen LogP contribution in [0.5, 0.6) is 0 Å². The molecule has 0 saturated carbocycles. The lowest BCUT2D eigenvalue weighted by atomic mass is 10.1. The Bertz CT molecular complexity index is 1270. The van der Waals surface area contributed by atoms with Crippen LogP contribution in [-0.4, -0.2) is 40.7 Å². The molecule has 1 aliphatic heterocycles. The van der Waals surface area contributed by atoms with Crippen molar-refractivity contribution < 1.29 is 4.74 Å². The normalized spacial score (nSPS) is 14.2. The summed E-state index contributed by atoms with van der Waals surface area (Å²) >= 11 is 0. The second kappa shape index (κ2) is 7.65. The highest BCUT2D eigenvalue weighted by Gasteiger charge is 2.18. The number of hydrogen-bond donors (Lipinski definition) is 1. The standard InChI is InChI=1S/C23H22N6O/c1-16-13-21(29-20-7-3-2-6-19(20)27-23(29)18(16)14-24)26-15-17-5-4-8-25-22(17)28-9-11-30-12-10-28/h2-8,13,26H,9-12,15H2,1H3. The van der Waals surface area contributed by atoms with E-state index >= 15 is 0 Å². The molecule has 0 unspecified atom stereocenters. The number of imidazole rings is 1. The van der Waals surface area contributed by atoms with Crippen molar-refractivity contribution in [3.63, 3.8) is 0 Å². The molecule has 3 aromatic heterocycles. The molecule has 7 heteroatoms. The second-order valence-corrected chi connectivity index (χ2v) is 7.40. The van der Waals surface area contributed by atoms with Gasteiger partial charge < -0.3 is 15.0 Å². The fraction of sp³-hybridized carbons (Fsp3) is 0.261. The van der Waals surface area contributed by atoms with E-state index in [0.29, 0.717) is 17.8 Å². The Labute approximate surface area is 174 Å². The molecule has 1 aromatic carbocycles. The number of pyridine rings is 2. The molecule has 0 radical (unpaired) electrons. The molecule has 0 atom stereocenters. The summed E-state index contributed by atoms with van der Waals surface area (Å²) in [6.07, 6.45) is 1.84. The van der Waals surface area contributed by atoms with Crippen LogP contribution in [0.25, 0.3) is 16.7 Å². The molecular formula is C23H22N6O. The average Bonchev–Trinajstić information content (AvgIpc) is 3.18. The number of fused-ring (bicyclic) bond motifs is 3. The third kappa shape index (κ3) is 3.11. The number of morpholine rings is 1. The maximum atomic E-state index is 9.67. The van der Waals surface area contributed by atoms with Gasteiger partial charge in [-0.2, -0.15) is 5.26 Å². The lowest BCUT2D eigenvalue weighted by molar-refractivity contribution is 0.122. The van der Waals surface area contributed by atoms with Crippen LogP contribution in [0, 0.1) is 18.3 Å². The van der Waals surface area contributed by atoms with Crippen LogP contribution in [0.15, 0.2) is 48.7 Å². The summed E-state index contributed by atoms with van der Waals surface area (Å²) in [5, 5.41) is 13.2. The van der Waals surface area contributed by atoms with Crippen LogP contribution in [0.2, 0.25) is 0 Å². The van der Waals surface area contributed by atoms with Crippen molar-refractivity contribution in [3.8, 4) is 6.07 Å². The van der Waals surface area contributed by atoms with Gasteiger partial charge in [-0.1, -0.05) is 18.2 Å². The molecule has 150 valence electrons. The predicted octanol–water partition coefficient (Wildman–Crippen LogP) is 3.51. The van der Waals surface area contributed by atoms with Gasteiger partial charge in [-0.3, -0.25) is 4.40 Å². The van der Waals surface area contributed by atoms with Gasteiger partial charge in [0.25, 0.3) is 0 Å². The summed E-state index contributed by atoms with van der Waals surface area (Å²) in [5.41, 5.74) is 5.17. The van der Waals surface area contributed by atoms with Gasteiger partial charge >= 0.3 is 0 Å². The summed E-state index contributed by atoms with van der Waals surface area (Å²) in [6, 6.07) is 16.4. The van der Waals surface area contributed by atoms with Crippen LogP contribution in [0.3, 0.4) is 0 Å². The van der Waals surface area contributed by atoms with E-state index in [9.17, 15) is 5.26 Å². The molecule has 4 heterocycles. The van der Waals surface area contributed by atoms with Crippen molar-refractivity contribution in [1.82, 2.24) is 14.4 Å². The molecule has 0 aliphatic carbocycles. The Morgan fingerprint density at radius 3 is 2.83 bits per heavy atom. The minimum atomic E-state index is 0.604. The fourth-order valence-corrected chi connectivity index (χ4v) is 4.04. The van der Waals surface area contributed by atoms with Gasteiger partial charge in [0.05, 0.1) is 29.8 Å². The van der Waals surface area contributed by atoms with Crippen LogP contribution in [-0.2, 0) is 11.3 Å². The van der Waals surface area contributed by atoms with Crippen LogP contribution in [0.1, 0.15) is 16.7 Å². The first-order valence-corrected chi connectivity index (χ1v) is 10.1. The van der Waals surface area contributed by atoms with E-state index in [4.69, 9.17) is 9.72 Å². The zero-order chi connectivity index (χ0) is 20.5. The van der Waals surface area contributed by atoms with E-state index < -0.39 is 0 Å². The molecular weight excluding hydrogens is 376 g/mol. The van der Waals surface area contributed by atoms with E-state index in [1.54, 1.807) is 0 Å². The summed E-state index contributed by atoms with van der Waals surface area (Å²) in [4.78, 5) is 11.6. The van der Waals surface area contributed by atoms with Crippen LogP contribution >= 0.6 is 0 Å². The molecule has 4 aromatic rings. The molecule has 1 saturated heterocycles. The number of aromatic nitrogens is 3. The zero-order valence-electron chi connectivity index (χ0n) is 16.8. The highest BCUT2D eigenvalue weighted by molar-refractivity contribution is 5.85. The summed E-state index contributed by atoms with van der Waals surface area (Å²) in [6.45, 7) is 5.70. The van der Waals surface area contributed by atoms with Crippen molar-refractivity contribution in [2.45, 2.75) is 13.5 Å². The molecule has 30 heavy (non-hydrogen) atoms. The third-order valence-corrected chi connectivity index (χ3v) is 5.52. The van der Waals surface area contributed by atoms with Crippen molar-refractivity contribution >= 4 is 28.3 Å². The van der Waals surface area contributed by atoms with E-state index in [-0.39, 0.29) is 0 Å². The predicted molar refractivity (Wildman–Crippen MR) is 117 cm³/mol. The Morgan fingerprint density at radius 1 is 1.17 bits per heavy atom. The molecule has 1 fully saturated rings. The lowest BCUT2D eigenvalue weighted by Crippen LogP contribution is -2.37. The molecule has 0 bridgehead atoms. The van der Waals surface area contributed by atoms with E-state index in [2.05, 4.69) is 27.3 Å². The summed E-state index contributed by atoms with van der Waals surface area (Å²) in [7, 11) is 0. The molecule has 7 nitrogen and oxygen atoms in total. The fourth-order valence-electron chi connectivity index (χ4n) is 4.04. The number of rotatable bonds is 4. The number of anilines is 2. The number of nitrogens with zero attached hydrogens (tertiary/aromatic N) is 5. The molecule has 1 aliphatic rings. The van der Waals surface area contributed by atoms with Gasteiger partial charge in [0.2, 0.25) is 0 Å². The van der Waals surface area contributed by atoms with E-state index in [1.807, 2.05) is 53.9 Å². The number of nitriles is 1. The highest BCUT2D eigenvalue weighted by atomic mass is 16.5. The highest BCUT2D eigenvalue weighted by Crippen LogP contribution is 2.27. The van der Waals surface area contributed by atoms with Crippen molar-refractivity contribution in [2.75, 3.05) is 36.5 Å². The zero-order valence-corrected chi connectivity index (χ0v) is 16.8. The van der Waals surface area contributed by atoms with Crippen molar-refractivity contribution in [3.05, 3.63) is 65.4 Å². The first-order chi connectivity index (χ1) is 14.8. The number of ether oxygens (including phenoxy) is 1. The van der Waals surface area contributed by atoms with Gasteiger partial charge in [-0.25, -0.2) is 9.97 Å². The van der Waals surface area contributed by atoms with Gasteiger partial charge in [0.1, 0.15) is 17.7 Å². The van der Waals surface area contributed by atoms with Crippen LogP contribution < -0.4 is 10.2 Å². The molecule has 5 rings (SSSR count). The number of nitrogens with one attached hydrogen (secondary N) is 1. The van der Waals surface area contributed by atoms with Crippen molar-refractivity contribution in [1.29, 1.82) is 5.26 Å². The Balaban J connectivity index is 1.55. The Kier molecular flexibility index (Phi) is 4.69. The minimum Gasteiger partial charge on any atom is -0.378 e.